The highest BCUT2D eigenvalue weighted by molar-refractivity contribution is 6.36. The van der Waals surface area contributed by atoms with Crippen molar-refractivity contribution in [1.82, 2.24) is 10.6 Å². The lowest BCUT2D eigenvalue weighted by molar-refractivity contribution is -0.289. The van der Waals surface area contributed by atoms with Gasteiger partial charge in [0.1, 0.15) is 0 Å². The molecule has 68 valence electrons. The number of urea groups is 1. The summed E-state index contributed by atoms with van der Waals surface area (Å²) in [5.41, 5.74) is 0. The second kappa shape index (κ2) is 2.89. The number of halogens is 1. The molecule has 0 aromatic carbocycles. The molecule has 2 atom stereocenters. The summed E-state index contributed by atoms with van der Waals surface area (Å²) in [6, 6.07) is -0.753. The Morgan fingerprint density at radius 1 is 1.67 bits per heavy atom. The summed E-state index contributed by atoms with van der Waals surface area (Å²) in [6.45, 7) is 1.31. The minimum atomic E-state index is -1.50. The highest BCUT2D eigenvalue weighted by Crippen LogP contribution is 2.22. The lowest BCUT2D eigenvalue weighted by Gasteiger charge is -2.32. The van der Waals surface area contributed by atoms with Gasteiger partial charge in [-0.3, -0.25) is 10.1 Å². The lowest BCUT2D eigenvalue weighted by Crippen LogP contribution is -2.65. The van der Waals surface area contributed by atoms with Gasteiger partial charge in [-0.1, -0.05) is 0 Å². The van der Waals surface area contributed by atoms with Crippen molar-refractivity contribution in [3.05, 3.63) is 0 Å². The van der Waals surface area contributed by atoms with Gasteiger partial charge in [0.25, 0.3) is 5.91 Å². The summed E-state index contributed by atoms with van der Waals surface area (Å²) in [7, 11) is 0. The molecule has 1 fully saturated rings. The van der Waals surface area contributed by atoms with Crippen LogP contribution < -0.4 is 10.6 Å². The van der Waals surface area contributed by atoms with Crippen molar-refractivity contribution < 1.29 is 19.7 Å². The molecule has 1 rings (SSSR count). The second-order valence-electron chi connectivity index (χ2n) is 2.49. The maximum Gasteiger partial charge on any atom is 0.323 e. The van der Waals surface area contributed by atoms with Crippen molar-refractivity contribution in [3.8, 4) is 0 Å². The number of alkyl halides is 1. The average molecular weight is 195 g/mol. The van der Waals surface area contributed by atoms with Crippen molar-refractivity contribution in [2.45, 2.75) is 18.0 Å². The zero-order valence-electron chi connectivity index (χ0n) is 6.13. The topological polar surface area (TPSA) is 87.7 Å². The molecular formula is C5H7ClN2O4. The van der Waals surface area contributed by atoms with Gasteiger partial charge in [-0.15, -0.1) is 11.6 Å². The van der Waals surface area contributed by atoms with Crippen LogP contribution in [0.1, 0.15) is 6.92 Å². The summed E-state index contributed by atoms with van der Waals surface area (Å²) in [5, 5.41) is 12.3. The molecule has 1 saturated heterocycles. The van der Waals surface area contributed by atoms with Gasteiger partial charge in [0, 0.05) is 0 Å². The van der Waals surface area contributed by atoms with Crippen molar-refractivity contribution in [3.63, 3.8) is 0 Å². The average Bonchev–Trinajstić information content (AvgIpc) is 1.97. The zero-order valence-corrected chi connectivity index (χ0v) is 6.88. The molecule has 0 radical (unpaired) electrons. The van der Waals surface area contributed by atoms with E-state index in [0.29, 0.717) is 0 Å². The molecule has 0 aromatic rings. The number of carbonyl (C=O) groups is 2. The molecule has 0 spiro atoms. The Hall–Kier alpha value is -0.850. The smallest absolute Gasteiger partial charge is 0.308 e. The Balaban J connectivity index is 2.85. The van der Waals surface area contributed by atoms with Crippen molar-refractivity contribution in [1.29, 1.82) is 0 Å². The van der Waals surface area contributed by atoms with Gasteiger partial charge >= 0.3 is 6.03 Å². The highest BCUT2D eigenvalue weighted by Gasteiger charge is 2.46. The first-order valence-electron chi connectivity index (χ1n) is 3.09. The van der Waals surface area contributed by atoms with Gasteiger partial charge in [0.15, 0.2) is 11.1 Å². The van der Waals surface area contributed by atoms with Crippen LogP contribution in [0, 0.1) is 0 Å². The molecule has 1 aliphatic rings. The van der Waals surface area contributed by atoms with Gasteiger partial charge in [0.05, 0.1) is 0 Å². The minimum Gasteiger partial charge on any atom is -0.308 e. The number of hydrogen-bond donors (Lipinski definition) is 3. The first-order valence-corrected chi connectivity index (χ1v) is 3.47. The van der Waals surface area contributed by atoms with E-state index in [2.05, 4.69) is 10.2 Å². The number of carbonyl (C=O) groups excluding carboxylic acids is 2. The summed E-state index contributed by atoms with van der Waals surface area (Å²) >= 11 is 5.64. The van der Waals surface area contributed by atoms with E-state index < -0.39 is 23.0 Å². The van der Waals surface area contributed by atoms with E-state index in [1.165, 1.54) is 6.92 Å². The molecule has 1 heterocycles. The summed E-state index contributed by atoms with van der Waals surface area (Å²) < 4.78 is 0. The maximum absolute atomic E-state index is 11.0. The fourth-order valence-corrected chi connectivity index (χ4v) is 0.902. The molecular weight excluding hydrogens is 188 g/mol. The Kier molecular flexibility index (Phi) is 2.22. The van der Waals surface area contributed by atoms with E-state index in [1.54, 1.807) is 0 Å². The standard InChI is InChI=1S/C5H7ClN2O4/c1-5(6)2(9)7-4(10)8-3(5)12-11/h3,11H,1H3,(H2,7,8,9,10)/t3-,5?/m1/s1. The van der Waals surface area contributed by atoms with Crippen molar-refractivity contribution in [2.75, 3.05) is 0 Å². The summed E-state index contributed by atoms with van der Waals surface area (Å²) in [5.74, 6) is -0.716. The normalized spacial score (nSPS) is 35.8. The highest BCUT2D eigenvalue weighted by atomic mass is 35.5. The third-order valence-corrected chi connectivity index (χ3v) is 1.90. The third-order valence-electron chi connectivity index (χ3n) is 1.53. The van der Waals surface area contributed by atoms with Gasteiger partial charge in [-0.05, 0) is 6.92 Å². The molecule has 6 nitrogen and oxygen atoms in total. The van der Waals surface area contributed by atoms with Crippen LogP contribution >= 0.6 is 11.6 Å². The van der Waals surface area contributed by atoms with Gasteiger partial charge < -0.3 is 5.32 Å². The maximum atomic E-state index is 11.0. The molecule has 3 N–H and O–H groups in total. The van der Waals surface area contributed by atoms with Crippen molar-refractivity contribution >= 4 is 23.5 Å². The molecule has 0 aliphatic carbocycles. The predicted octanol–water partition coefficient (Wildman–Crippen LogP) is -0.361. The summed E-state index contributed by atoms with van der Waals surface area (Å²) in [4.78, 5) is 24.0. The quantitative estimate of drug-likeness (QED) is 0.302. The Bertz CT molecular complexity index is 229. The monoisotopic (exact) mass is 194 g/mol. The first kappa shape index (κ1) is 9.24. The molecule has 12 heavy (non-hydrogen) atoms. The van der Waals surface area contributed by atoms with E-state index in [-0.39, 0.29) is 0 Å². The number of hydrogen-bond acceptors (Lipinski definition) is 4. The molecule has 1 unspecified atom stereocenters. The van der Waals surface area contributed by atoms with Crippen LogP contribution in [0.4, 0.5) is 4.79 Å². The molecule has 3 amide bonds. The van der Waals surface area contributed by atoms with Crippen LogP contribution in [0.3, 0.4) is 0 Å². The number of amides is 3. The van der Waals surface area contributed by atoms with Gasteiger partial charge in [0.2, 0.25) is 0 Å². The van der Waals surface area contributed by atoms with E-state index in [9.17, 15) is 9.59 Å². The SMILES string of the molecule is CC1(Cl)C(=O)NC(=O)N[C@@H]1OO. The fraction of sp³-hybridized carbons (Fsp3) is 0.600. The van der Waals surface area contributed by atoms with Crippen LogP contribution in [0.25, 0.3) is 0 Å². The number of imide groups is 1. The van der Waals surface area contributed by atoms with Crippen LogP contribution in [0.5, 0.6) is 0 Å². The number of nitrogens with one attached hydrogen (secondary N) is 2. The van der Waals surface area contributed by atoms with Crippen molar-refractivity contribution in [2.24, 2.45) is 0 Å². The molecule has 1 aliphatic heterocycles. The molecule has 7 heteroatoms. The summed E-state index contributed by atoms with van der Waals surface area (Å²) in [6.07, 6.45) is -1.24. The van der Waals surface area contributed by atoms with Gasteiger partial charge in [-0.25, -0.2) is 14.9 Å². The second-order valence-corrected chi connectivity index (χ2v) is 3.27. The number of rotatable bonds is 1. The van der Waals surface area contributed by atoms with E-state index in [4.69, 9.17) is 16.9 Å². The Morgan fingerprint density at radius 3 is 2.75 bits per heavy atom. The third kappa shape index (κ3) is 1.36. The first-order chi connectivity index (χ1) is 5.48. The molecule has 0 saturated carbocycles. The fourth-order valence-electron chi connectivity index (χ4n) is 0.760. The molecule has 0 bridgehead atoms. The largest absolute Gasteiger partial charge is 0.323 e. The molecule has 0 aromatic heterocycles. The van der Waals surface area contributed by atoms with Crippen LogP contribution in [0.15, 0.2) is 0 Å². The zero-order chi connectivity index (χ0) is 9.35. The van der Waals surface area contributed by atoms with Crippen LogP contribution in [0.2, 0.25) is 0 Å². The van der Waals surface area contributed by atoms with Gasteiger partial charge in [-0.2, -0.15) is 0 Å². The predicted molar refractivity (Wildman–Crippen MR) is 38.4 cm³/mol. The Labute approximate surface area is 72.8 Å². The van der Waals surface area contributed by atoms with E-state index in [0.717, 1.165) is 0 Å². The minimum absolute atomic E-state index is 0.716. The Morgan fingerprint density at radius 2 is 2.25 bits per heavy atom. The lowest BCUT2D eigenvalue weighted by atomic mass is 10.1. The van der Waals surface area contributed by atoms with Crippen LogP contribution in [-0.4, -0.2) is 28.3 Å². The van der Waals surface area contributed by atoms with E-state index >= 15 is 0 Å². The van der Waals surface area contributed by atoms with Crippen LogP contribution in [-0.2, 0) is 9.68 Å². The van der Waals surface area contributed by atoms with E-state index in [1.807, 2.05) is 5.32 Å².